The predicted molar refractivity (Wildman–Crippen MR) is 71.9 cm³/mol. The average molecular weight is 245 g/mol. The van der Waals surface area contributed by atoms with E-state index < -0.39 is 0 Å². The molecule has 2 aromatic rings. The maximum Gasteiger partial charge on any atom is 0.140 e. The van der Waals surface area contributed by atoms with E-state index in [0.29, 0.717) is 0 Å². The van der Waals surface area contributed by atoms with E-state index in [1.807, 2.05) is 25.2 Å². The summed E-state index contributed by atoms with van der Waals surface area (Å²) in [6.45, 7) is 1.77. The number of anilines is 1. The van der Waals surface area contributed by atoms with Crippen LogP contribution in [0.1, 0.15) is 11.4 Å². The highest BCUT2D eigenvalue weighted by atomic mass is 15.3. The molecular formula is C13H19N5. The molecule has 0 radical (unpaired) electrons. The first-order chi connectivity index (χ1) is 8.65. The number of nitrogens with two attached hydrogens (primary N) is 1. The predicted octanol–water partition coefficient (Wildman–Crippen LogP) is 1.07. The highest BCUT2D eigenvalue weighted by Crippen LogP contribution is 2.08. The molecule has 1 aromatic carbocycles. The van der Waals surface area contributed by atoms with E-state index >= 15 is 0 Å². The Morgan fingerprint density at radius 3 is 2.89 bits per heavy atom. The number of benzene rings is 1. The molecule has 0 amide bonds. The first kappa shape index (κ1) is 12.6. The molecule has 18 heavy (non-hydrogen) atoms. The summed E-state index contributed by atoms with van der Waals surface area (Å²) in [6, 6.07) is 8.03. The number of nitrogens with zero attached hydrogens (tertiary/aromatic N) is 4. The minimum atomic E-state index is 0.804. The van der Waals surface area contributed by atoms with Gasteiger partial charge in [0.15, 0.2) is 0 Å². The quantitative estimate of drug-likeness (QED) is 0.801. The second-order valence-corrected chi connectivity index (χ2v) is 4.53. The van der Waals surface area contributed by atoms with Gasteiger partial charge in [0.05, 0.1) is 6.54 Å². The molecule has 0 atom stereocenters. The Labute approximate surface area is 107 Å². The van der Waals surface area contributed by atoms with Crippen LogP contribution in [0.4, 0.5) is 5.69 Å². The molecule has 5 heteroatoms. The second-order valence-electron chi connectivity index (χ2n) is 4.53. The fourth-order valence-corrected chi connectivity index (χ4v) is 1.85. The molecule has 2 rings (SSSR count). The van der Waals surface area contributed by atoms with Crippen LogP contribution in [-0.2, 0) is 20.0 Å². The zero-order valence-corrected chi connectivity index (χ0v) is 10.9. The number of aryl methyl sites for hydroxylation is 1. The lowest BCUT2D eigenvalue weighted by molar-refractivity contribution is 0.317. The molecule has 0 spiro atoms. The Morgan fingerprint density at radius 1 is 1.39 bits per heavy atom. The number of hydrogen-bond donors (Lipinski definition) is 1. The summed E-state index contributed by atoms with van der Waals surface area (Å²) >= 11 is 0. The van der Waals surface area contributed by atoms with Gasteiger partial charge in [0.2, 0.25) is 0 Å². The summed E-state index contributed by atoms with van der Waals surface area (Å²) in [4.78, 5) is 6.44. The summed E-state index contributed by atoms with van der Waals surface area (Å²) in [5.74, 6) is 0.977. The van der Waals surface area contributed by atoms with E-state index in [9.17, 15) is 0 Å². The van der Waals surface area contributed by atoms with Crippen molar-refractivity contribution in [2.24, 2.45) is 7.05 Å². The summed E-state index contributed by atoms with van der Waals surface area (Å²) in [6.07, 6.45) is 2.57. The SMILES string of the molecule is CN(CCc1cccc(N)c1)Cc1ncnn1C. The maximum absolute atomic E-state index is 5.76. The van der Waals surface area contributed by atoms with Crippen LogP contribution < -0.4 is 5.73 Å². The van der Waals surface area contributed by atoms with E-state index in [2.05, 4.69) is 28.1 Å². The van der Waals surface area contributed by atoms with Gasteiger partial charge in [-0.15, -0.1) is 0 Å². The molecule has 0 bridgehead atoms. The van der Waals surface area contributed by atoms with E-state index in [1.54, 1.807) is 11.0 Å². The van der Waals surface area contributed by atoms with Crippen LogP contribution in [0.2, 0.25) is 0 Å². The van der Waals surface area contributed by atoms with Crippen LogP contribution in [0.25, 0.3) is 0 Å². The molecule has 0 aliphatic heterocycles. The summed E-state index contributed by atoms with van der Waals surface area (Å²) < 4.78 is 1.80. The highest BCUT2D eigenvalue weighted by molar-refractivity contribution is 5.40. The van der Waals surface area contributed by atoms with Gasteiger partial charge in [0, 0.05) is 19.3 Å². The van der Waals surface area contributed by atoms with Crippen molar-refractivity contribution in [3.05, 3.63) is 42.0 Å². The molecule has 96 valence electrons. The molecule has 1 aromatic heterocycles. The largest absolute Gasteiger partial charge is 0.399 e. The number of hydrogen-bond acceptors (Lipinski definition) is 4. The van der Waals surface area contributed by atoms with Crippen LogP contribution in [0.15, 0.2) is 30.6 Å². The molecule has 0 saturated heterocycles. The molecular weight excluding hydrogens is 226 g/mol. The standard InChI is InChI=1S/C13H19N5/c1-17(9-13-15-10-16-18(13)2)7-6-11-4-3-5-12(14)8-11/h3-5,8,10H,6-7,9,14H2,1-2H3. The molecule has 0 saturated carbocycles. The normalized spacial score (nSPS) is 11.1. The minimum Gasteiger partial charge on any atom is -0.399 e. The molecule has 2 N–H and O–H groups in total. The van der Waals surface area contributed by atoms with Crippen LogP contribution in [0, 0.1) is 0 Å². The first-order valence-corrected chi connectivity index (χ1v) is 6.01. The van der Waals surface area contributed by atoms with Crippen LogP contribution in [0.5, 0.6) is 0 Å². The van der Waals surface area contributed by atoms with Gasteiger partial charge in [-0.25, -0.2) is 4.98 Å². The minimum absolute atomic E-state index is 0.804. The van der Waals surface area contributed by atoms with Crippen molar-refractivity contribution in [3.63, 3.8) is 0 Å². The van der Waals surface area contributed by atoms with E-state index in [4.69, 9.17) is 5.73 Å². The lowest BCUT2D eigenvalue weighted by Gasteiger charge is -2.15. The van der Waals surface area contributed by atoms with Gasteiger partial charge < -0.3 is 5.73 Å². The lowest BCUT2D eigenvalue weighted by atomic mass is 10.1. The number of rotatable bonds is 5. The van der Waals surface area contributed by atoms with E-state index in [-0.39, 0.29) is 0 Å². The van der Waals surface area contributed by atoms with Crippen molar-refractivity contribution in [1.82, 2.24) is 19.7 Å². The van der Waals surface area contributed by atoms with Crippen molar-refractivity contribution >= 4 is 5.69 Å². The zero-order valence-electron chi connectivity index (χ0n) is 10.9. The molecule has 0 fully saturated rings. The number of likely N-dealkylation sites (N-methyl/N-ethyl adjacent to an activating group) is 1. The summed E-state index contributed by atoms with van der Waals surface area (Å²) in [7, 11) is 4.00. The summed E-state index contributed by atoms with van der Waals surface area (Å²) in [5, 5.41) is 4.06. The zero-order chi connectivity index (χ0) is 13.0. The van der Waals surface area contributed by atoms with Crippen LogP contribution in [-0.4, -0.2) is 33.3 Å². The third-order valence-corrected chi connectivity index (χ3v) is 2.95. The van der Waals surface area contributed by atoms with Gasteiger partial charge >= 0.3 is 0 Å². The van der Waals surface area contributed by atoms with Gasteiger partial charge in [0.25, 0.3) is 0 Å². The van der Waals surface area contributed by atoms with E-state index in [1.165, 1.54) is 5.56 Å². The Bertz CT molecular complexity index is 506. The van der Waals surface area contributed by atoms with Crippen LogP contribution >= 0.6 is 0 Å². The highest BCUT2D eigenvalue weighted by Gasteiger charge is 2.05. The van der Waals surface area contributed by atoms with Gasteiger partial charge in [-0.3, -0.25) is 9.58 Å². The van der Waals surface area contributed by atoms with Crippen molar-refractivity contribution in [2.45, 2.75) is 13.0 Å². The Hall–Kier alpha value is -1.88. The topological polar surface area (TPSA) is 60.0 Å². The fourth-order valence-electron chi connectivity index (χ4n) is 1.85. The smallest absolute Gasteiger partial charge is 0.140 e. The van der Waals surface area contributed by atoms with Gasteiger partial charge in [-0.1, -0.05) is 12.1 Å². The Balaban J connectivity index is 1.85. The third-order valence-electron chi connectivity index (χ3n) is 2.95. The monoisotopic (exact) mass is 245 g/mol. The van der Waals surface area contributed by atoms with Gasteiger partial charge in [-0.05, 0) is 31.2 Å². The average Bonchev–Trinajstić information content (AvgIpc) is 2.73. The molecule has 0 aliphatic carbocycles. The van der Waals surface area contributed by atoms with Crippen LogP contribution in [0.3, 0.4) is 0 Å². The number of nitrogen functional groups attached to an aromatic ring is 1. The fraction of sp³-hybridized carbons (Fsp3) is 0.385. The van der Waals surface area contributed by atoms with Gasteiger partial charge in [-0.2, -0.15) is 5.10 Å². The van der Waals surface area contributed by atoms with Gasteiger partial charge in [0.1, 0.15) is 12.2 Å². The Kier molecular flexibility index (Phi) is 3.94. The van der Waals surface area contributed by atoms with Crippen molar-refractivity contribution in [1.29, 1.82) is 0 Å². The summed E-state index contributed by atoms with van der Waals surface area (Å²) in [5.41, 5.74) is 7.85. The molecule has 1 heterocycles. The van der Waals surface area contributed by atoms with Crippen molar-refractivity contribution in [2.75, 3.05) is 19.3 Å². The lowest BCUT2D eigenvalue weighted by Crippen LogP contribution is -2.22. The molecule has 0 aliphatic rings. The maximum atomic E-state index is 5.76. The van der Waals surface area contributed by atoms with Crippen molar-refractivity contribution in [3.8, 4) is 0 Å². The Morgan fingerprint density at radius 2 is 2.22 bits per heavy atom. The second kappa shape index (κ2) is 5.64. The number of aromatic nitrogens is 3. The van der Waals surface area contributed by atoms with E-state index in [0.717, 1.165) is 31.0 Å². The third kappa shape index (κ3) is 3.30. The first-order valence-electron chi connectivity index (χ1n) is 6.01. The molecule has 5 nitrogen and oxygen atoms in total. The molecule has 0 unspecified atom stereocenters. The van der Waals surface area contributed by atoms with Crippen molar-refractivity contribution < 1.29 is 0 Å².